The number of ether oxygens (including phenoxy) is 1. The molecule has 0 saturated carbocycles. The minimum Gasteiger partial charge on any atom is -0.493 e. The number of nitrogens with one attached hydrogen (secondary N) is 1. The number of rotatable bonds is 6. The number of anilines is 2. The zero-order valence-electron chi connectivity index (χ0n) is 18.3. The van der Waals surface area contributed by atoms with E-state index < -0.39 is 0 Å². The Morgan fingerprint density at radius 2 is 1.91 bits per heavy atom. The second-order valence-corrected chi connectivity index (χ2v) is 8.72. The first-order valence-electron chi connectivity index (χ1n) is 11.6. The van der Waals surface area contributed by atoms with Gasteiger partial charge in [-0.1, -0.05) is 30.3 Å². The van der Waals surface area contributed by atoms with Crippen LogP contribution in [0.15, 0.2) is 54.9 Å². The molecule has 1 unspecified atom stereocenters. The van der Waals surface area contributed by atoms with Crippen molar-refractivity contribution in [3.63, 3.8) is 0 Å². The monoisotopic (exact) mass is 430 g/mol. The molecule has 0 aliphatic carbocycles. The Morgan fingerprint density at radius 1 is 1.03 bits per heavy atom. The summed E-state index contributed by atoms with van der Waals surface area (Å²) in [4.78, 5) is 11.1. The van der Waals surface area contributed by atoms with Crippen LogP contribution in [0.25, 0.3) is 11.1 Å². The zero-order chi connectivity index (χ0) is 21.8. The maximum absolute atomic E-state index is 9.49. The van der Waals surface area contributed by atoms with E-state index in [0.717, 1.165) is 62.8 Å². The van der Waals surface area contributed by atoms with E-state index in [0.29, 0.717) is 12.5 Å². The van der Waals surface area contributed by atoms with E-state index in [2.05, 4.69) is 62.6 Å². The van der Waals surface area contributed by atoms with Gasteiger partial charge in [-0.05, 0) is 66.0 Å². The Hall–Kier alpha value is -3.12. The van der Waals surface area contributed by atoms with Crippen LogP contribution in [-0.2, 0) is 13.0 Å². The fourth-order valence-corrected chi connectivity index (χ4v) is 4.59. The number of aliphatic hydroxyl groups excluding tert-OH is 1. The molecule has 1 atom stereocenters. The van der Waals surface area contributed by atoms with Crippen molar-refractivity contribution >= 4 is 11.6 Å². The fourth-order valence-electron chi connectivity index (χ4n) is 4.59. The second kappa shape index (κ2) is 9.57. The Bertz CT molecular complexity index is 1050. The molecule has 32 heavy (non-hydrogen) atoms. The summed E-state index contributed by atoms with van der Waals surface area (Å²) < 4.78 is 5.73. The summed E-state index contributed by atoms with van der Waals surface area (Å²) in [7, 11) is 0. The minimum absolute atomic E-state index is 0.238. The van der Waals surface area contributed by atoms with E-state index >= 15 is 0 Å². The molecule has 3 aromatic rings. The van der Waals surface area contributed by atoms with Crippen LogP contribution in [0.1, 0.15) is 30.4 Å². The molecule has 1 saturated heterocycles. The normalized spacial score (nSPS) is 18.0. The average Bonchev–Trinajstić information content (AvgIpc) is 2.88. The summed E-state index contributed by atoms with van der Waals surface area (Å²) in [6, 6.07) is 17.2. The molecule has 2 aromatic carbocycles. The summed E-state index contributed by atoms with van der Waals surface area (Å²) in [6.07, 6.45) is 5.96. The van der Waals surface area contributed by atoms with Gasteiger partial charge in [0.25, 0.3) is 0 Å². The van der Waals surface area contributed by atoms with Crippen molar-refractivity contribution in [1.82, 2.24) is 9.97 Å². The molecular formula is C26H30N4O2. The standard InChI is InChI=1S/C26H30N4O2/c31-17-20-3-1-11-30(16-20)26-14-25(28-18-29-26)27-15-19-5-7-21(8-6-19)22-9-10-24-23(13-22)4-2-12-32-24/h5-10,13-14,18,20,31H,1-4,11-12,15-17H2,(H,27,28,29). The smallest absolute Gasteiger partial charge is 0.134 e. The number of nitrogens with zero attached hydrogens (tertiary/aromatic N) is 3. The second-order valence-electron chi connectivity index (χ2n) is 8.72. The lowest BCUT2D eigenvalue weighted by molar-refractivity contribution is 0.208. The first-order chi connectivity index (χ1) is 15.8. The number of piperidine rings is 1. The van der Waals surface area contributed by atoms with Crippen molar-refractivity contribution < 1.29 is 9.84 Å². The van der Waals surface area contributed by atoms with Crippen LogP contribution in [-0.4, -0.2) is 41.4 Å². The third-order valence-electron chi connectivity index (χ3n) is 6.42. The number of aromatic nitrogens is 2. The van der Waals surface area contributed by atoms with Crippen LogP contribution >= 0.6 is 0 Å². The molecular weight excluding hydrogens is 400 g/mol. The molecule has 166 valence electrons. The highest BCUT2D eigenvalue weighted by molar-refractivity contribution is 5.66. The highest BCUT2D eigenvalue weighted by atomic mass is 16.5. The molecule has 0 bridgehead atoms. The highest BCUT2D eigenvalue weighted by Crippen LogP contribution is 2.30. The Labute approximate surface area is 189 Å². The molecule has 0 amide bonds. The number of benzene rings is 2. The van der Waals surface area contributed by atoms with Gasteiger partial charge in [-0.15, -0.1) is 0 Å². The van der Waals surface area contributed by atoms with Gasteiger partial charge in [0.15, 0.2) is 0 Å². The first-order valence-corrected chi connectivity index (χ1v) is 11.6. The molecule has 3 heterocycles. The van der Waals surface area contributed by atoms with Gasteiger partial charge in [-0.25, -0.2) is 9.97 Å². The minimum atomic E-state index is 0.238. The summed E-state index contributed by atoms with van der Waals surface area (Å²) in [5, 5.41) is 12.9. The largest absolute Gasteiger partial charge is 0.493 e. The molecule has 2 aliphatic heterocycles. The van der Waals surface area contributed by atoms with E-state index in [1.807, 2.05) is 6.07 Å². The molecule has 1 fully saturated rings. The van der Waals surface area contributed by atoms with Gasteiger partial charge in [0.2, 0.25) is 0 Å². The predicted octanol–water partition coefficient (Wildman–Crippen LogP) is 4.29. The maximum Gasteiger partial charge on any atom is 0.134 e. The van der Waals surface area contributed by atoms with Crippen LogP contribution in [0, 0.1) is 5.92 Å². The van der Waals surface area contributed by atoms with Gasteiger partial charge in [-0.3, -0.25) is 0 Å². The molecule has 6 nitrogen and oxygen atoms in total. The molecule has 2 aliphatic rings. The molecule has 0 radical (unpaired) electrons. The zero-order valence-corrected chi connectivity index (χ0v) is 18.3. The van der Waals surface area contributed by atoms with E-state index in [1.165, 1.54) is 22.3 Å². The lowest BCUT2D eigenvalue weighted by atomic mass is 9.98. The summed E-state index contributed by atoms with van der Waals surface area (Å²) in [6.45, 7) is 3.59. The number of hydrogen-bond donors (Lipinski definition) is 2. The van der Waals surface area contributed by atoms with Gasteiger partial charge in [0.05, 0.1) is 6.61 Å². The lowest BCUT2D eigenvalue weighted by Crippen LogP contribution is -2.37. The average molecular weight is 431 g/mol. The molecule has 0 spiro atoms. The van der Waals surface area contributed by atoms with Gasteiger partial charge >= 0.3 is 0 Å². The number of aliphatic hydroxyl groups is 1. The topological polar surface area (TPSA) is 70.5 Å². The van der Waals surface area contributed by atoms with Crippen molar-refractivity contribution in [3.05, 3.63) is 66.0 Å². The predicted molar refractivity (Wildman–Crippen MR) is 127 cm³/mol. The van der Waals surface area contributed by atoms with E-state index in [1.54, 1.807) is 6.33 Å². The SMILES string of the molecule is OCC1CCCN(c2cc(NCc3ccc(-c4ccc5c(c4)CCCO5)cc3)ncn2)C1. The van der Waals surface area contributed by atoms with Crippen LogP contribution in [0.2, 0.25) is 0 Å². The van der Waals surface area contributed by atoms with Crippen molar-refractivity contribution in [2.24, 2.45) is 5.92 Å². The highest BCUT2D eigenvalue weighted by Gasteiger charge is 2.20. The lowest BCUT2D eigenvalue weighted by Gasteiger charge is -2.32. The van der Waals surface area contributed by atoms with Crippen LogP contribution in [0.5, 0.6) is 5.75 Å². The van der Waals surface area contributed by atoms with E-state index in [4.69, 9.17) is 4.74 Å². The maximum atomic E-state index is 9.49. The quantitative estimate of drug-likeness (QED) is 0.608. The third-order valence-corrected chi connectivity index (χ3v) is 6.42. The van der Waals surface area contributed by atoms with Crippen LogP contribution < -0.4 is 15.0 Å². The van der Waals surface area contributed by atoms with Crippen molar-refractivity contribution in [1.29, 1.82) is 0 Å². The van der Waals surface area contributed by atoms with Gasteiger partial charge in [-0.2, -0.15) is 0 Å². The third kappa shape index (κ3) is 4.70. The summed E-state index contributed by atoms with van der Waals surface area (Å²) >= 11 is 0. The van der Waals surface area contributed by atoms with Crippen molar-refractivity contribution in [2.75, 3.05) is 36.5 Å². The van der Waals surface area contributed by atoms with E-state index in [9.17, 15) is 5.11 Å². The fraction of sp³-hybridized carbons (Fsp3) is 0.385. The molecule has 1 aromatic heterocycles. The number of fused-ring (bicyclic) bond motifs is 1. The Balaban J connectivity index is 1.22. The van der Waals surface area contributed by atoms with E-state index in [-0.39, 0.29) is 6.61 Å². The van der Waals surface area contributed by atoms with Crippen LogP contribution in [0.4, 0.5) is 11.6 Å². The van der Waals surface area contributed by atoms with Gasteiger partial charge in [0, 0.05) is 32.3 Å². The molecule has 2 N–H and O–H groups in total. The van der Waals surface area contributed by atoms with Crippen LogP contribution in [0.3, 0.4) is 0 Å². The van der Waals surface area contributed by atoms with Gasteiger partial charge < -0.3 is 20.1 Å². The summed E-state index contributed by atoms with van der Waals surface area (Å²) in [5.41, 5.74) is 4.96. The number of hydrogen-bond acceptors (Lipinski definition) is 6. The van der Waals surface area contributed by atoms with Crippen molar-refractivity contribution in [2.45, 2.75) is 32.2 Å². The Kier molecular flexibility index (Phi) is 6.21. The molecule has 5 rings (SSSR count). The number of aryl methyl sites for hydroxylation is 1. The van der Waals surface area contributed by atoms with Gasteiger partial charge in [0.1, 0.15) is 23.7 Å². The van der Waals surface area contributed by atoms with Crippen molar-refractivity contribution in [3.8, 4) is 16.9 Å². The molecule has 6 heteroatoms. The Morgan fingerprint density at radius 3 is 2.78 bits per heavy atom. The first kappa shape index (κ1) is 20.8. The summed E-state index contributed by atoms with van der Waals surface area (Å²) in [5.74, 6) is 3.10.